The lowest BCUT2D eigenvalue weighted by atomic mass is 10.1. The van der Waals surface area contributed by atoms with Gasteiger partial charge in [0.05, 0.1) is 16.9 Å². The zero-order valence-electron chi connectivity index (χ0n) is 21.0. The second kappa shape index (κ2) is 10.9. The molecule has 39 heavy (non-hydrogen) atoms. The van der Waals surface area contributed by atoms with E-state index in [-0.39, 0.29) is 18.7 Å². The molecule has 1 aliphatic rings. The van der Waals surface area contributed by atoms with Crippen molar-refractivity contribution in [3.8, 4) is 5.75 Å². The zero-order chi connectivity index (χ0) is 29.6. The van der Waals surface area contributed by atoms with E-state index >= 15 is 0 Å². The minimum atomic E-state index is -5.09. The van der Waals surface area contributed by atoms with E-state index in [0.717, 1.165) is 30.4 Å². The van der Waals surface area contributed by atoms with E-state index in [1.807, 2.05) is 0 Å². The molecule has 16 heteroatoms. The summed E-state index contributed by atoms with van der Waals surface area (Å²) in [6, 6.07) is 4.44. The monoisotopic (exact) mass is 604 g/mol. The third-order valence-electron chi connectivity index (χ3n) is 6.33. The predicted molar refractivity (Wildman–Crippen MR) is 130 cm³/mol. The van der Waals surface area contributed by atoms with Gasteiger partial charge in [0.1, 0.15) is 23.1 Å². The fourth-order valence-electron chi connectivity index (χ4n) is 3.95. The highest BCUT2D eigenvalue weighted by Crippen LogP contribution is 2.47. The molecule has 0 bridgehead atoms. The van der Waals surface area contributed by atoms with Crippen LogP contribution in [0.4, 0.5) is 37.7 Å². The molecule has 1 aliphatic heterocycles. The first-order valence-corrected chi connectivity index (χ1v) is 14.7. The zero-order valence-corrected chi connectivity index (χ0v) is 22.7. The van der Waals surface area contributed by atoms with Crippen LogP contribution in [-0.4, -0.2) is 60.3 Å². The van der Waals surface area contributed by atoms with Gasteiger partial charge in [0.25, 0.3) is 0 Å². The Morgan fingerprint density at radius 1 is 1.13 bits per heavy atom. The quantitative estimate of drug-likeness (QED) is 0.309. The Balaban J connectivity index is 2.24. The first kappa shape index (κ1) is 31.2. The molecule has 218 valence electrons. The number of anilines is 2. The maximum atomic E-state index is 14.1. The third kappa shape index (κ3) is 7.26. The van der Waals surface area contributed by atoms with Gasteiger partial charge in [-0.3, -0.25) is 4.57 Å². The molecule has 0 saturated carbocycles. The topological polar surface area (TPSA) is 107 Å². The van der Waals surface area contributed by atoms with E-state index in [1.165, 1.54) is 17.0 Å². The number of halogens is 6. The Kier molecular flexibility index (Phi) is 8.74. The summed E-state index contributed by atoms with van der Waals surface area (Å²) in [4.78, 5) is 19.1. The first-order chi connectivity index (χ1) is 17.7. The molecular weight excluding hydrogens is 577 g/mol. The van der Waals surface area contributed by atoms with E-state index in [4.69, 9.17) is 4.74 Å². The van der Waals surface area contributed by atoms with Gasteiger partial charge < -0.3 is 19.4 Å². The highest BCUT2D eigenvalue weighted by Gasteiger charge is 2.42. The van der Waals surface area contributed by atoms with Crippen molar-refractivity contribution in [3.63, 3.8) is 0 Å². The van der Waals surface area contributed by atoms with Crippen LogP contribution >= 0.6 is 7.60 Å². The second-order valence-electron chi connectivity index (χ2n) is 9.43. The molecule has 2 aromatic rings. The fourth-order valence-corrected chi connectivity index (χ4v) is 5.78. The van der Waals surface area contributed by atoms with Crippen LogP contribution in [0.1, 0.15) is 32.3 Å². The van der Waals surface area contributed by atoms with Crippen LogP contribution in [0, 0.1) is 5.82 Å². The van der Waals surface area contributed by atoms with Gasteiger partial charge in [-0.2, -0.15) is 17.5 Å². The molecule has 0 aliphatic carbocycles. The third-order valence-corrected chi connectivity index (χ3v) is 9.57. The number of hydrogen-bond donors (Lipinski definition) is 2. The highest BCUT2D eigenvalue weighted by atomic mass is 32.2. The molecule has 0 aromatic heterocycles. The van der Waals surface area contributed by atoms with Crippen molar-refractivity contribution in [1.82, 2.24) is 4.31 Å². The van der Waals surface area contributed by atoms with E-state index in [0.29, 0.717) is 19.1 Å². The summed E-state index contributed by atoms with van der Waals surface area (Å²) in [5.41, 5.74) is -3.29. The van der Waals surface area contributed by atoms with Crippen molar-refractivity contribution in [2.75, 3.05) is 25.1 Å². The summed E-state index contributed by atoms with van der Waals surface area (Å²) >= 11 is 0. The van der Waals surface area contributed by atoms with Gasteiger partial charge in [-0.05, 0) is 50.6 Å². The number of ether oxygens (including phenoxy) is 1. The molecule has 0 amide bonds. The van der Waals surface area contributed by atoms with Crippen LogP contribution in [0.25, 0.3) is 0 Å². The standard InChI is InChI=1S/C23H27F6N2O6PS/c1-14(38(32,33)34)13-37-20-11-21-19(10-18(20)23(27,28)29)31(16-6-4-15(24)5-7-16)12-17(8-9-22(2,25)26)30(3)39(21,35)36/h4-7,10-11,14,17H,8-9,12-13H2,1-3H3,(H2,32,33,34)/t14-,17-/m1/s1. The number of sulfonamides is 1. The Bertz CT molecular complexity index is 1340. The summed E-state index contributed by atoms with van der Waals surface area (Å²) < 4.78 is 128. The van der Waals surface area contributed by atoms with E-state index < -0.39 is 82.2 Å². The minimum Gasteiger partial charge on any atom is -0.492 e. The molecule has 0 saturated heterocycles. The van der Waals surface area contributed by atoms with Crippen molar-refractivity contribution in [2.24, 2.45) is 0 Å². The second-order valence-corrected chi connectivity index (χ2v) is 13.5. The number of benzene rings is 2. The molecule has 1 heterocycles. The lowest BCUT2D eigenvalue weighted by Crippen LogP contribution is -2.41. The van der Waals surface area contributed by atoms with Crippen LogP contribution < -0.4 is 9.64 Å². The molecule has 0 radical (unpaired) electrons. The molecule has 2 aromatic carbocycles. The molecule has 0 unspecified atom stereocenters. The number of hydrogen-bond acceptors (Lipinski definition) is 5. The normalized spacial score (nSPS) is 19.4. The first-order valence-electron chi connectivity index (χ1n) is 11.5. The average molecular weight is 605 g/mol. The van der Waals surface area contributed by atoms with Crippen LogP contribution in [0.2, 0.25) is 0 Å². The molecule has 8 nitrogen and oxygen atoms in total. The molecule has 3 rings (SSSR count). The Morgan fingerprint density at radius 2 is 1.72 bits per heavy atom. The molecule has 2 N–H and O–H groups in total. The summed E-state index contributed by atoms with van der Waals surface area (Å²) in [5, 5.41) is 0. The van der Waals surface area contributed by atoms with Crippen molar-refractivity contribution in [2.45, 2.75) is 55.4 Å². The number of alkyl halides is 5. The van der Waals surface area contributed by atoms with E-state index in [2.05, 4.69) is 0 Å². The predicted octanol–water partition coefficient (Wildman–Crippen LogP) is 5.37. The Labute approximate surface area is 221 Å². The average Bonchev–Trinajstić information content (AvgIpc) is 2.87. The van der Waals surface area contributed by atoms with Crippen molar-refractivity contribution in [3.05, 3.63) is 47.8 Å². The number of nitrogens with zero attached hydrogens (tertiary/aromatic N) is 2. The maximum absolute atomic E-state index is 14.1. The number of likely N-dealkylation sites (N-methyl/N-ethyl adjacent to an activating group) is 1. The number of fused-ring (bicyclic) bond motifs is 1. The Hall–Kier alpha value is -2.32. The van der Waals surface area contributed by atoms with Crippen molar-refractivity contribution < 1.29 is 53.8 Å². The van der Waals surface area contributed by atoms with Gasteiger partial charge in [0, 0.05) is 37.8 Å². The van der Waals surface area contributed by atoms with Gasteiger partial charge in [0.2, 0.25) is 15.9 Å². The highest BCUT2D eigenvalue weighted by molar-refractivity contribution is 7.89. The van der Waals surface area contributed by atoms with Crippen LogP contribution in [0.3, 0.4) is 0 Å². The van der Waals surface area contributed by atoms with Crippen LogP contribution in [0.5, 0.6) is 5.75 Å². The molecule has 0 fully saturated rings. The lowest BCUT2D eigenvalue weighted by molar-refractivity contribution is -0.139. The van der Waals surface area contributed by atoms with Crippen LogP contribution in [-0.2, 0) is 20.8 Å². The largest absolute Gasteiger partial charge is 0.492 e. The summed E-state index contributed by atoms with van der Waals surface area (Å²) in [6.45, 7) is 0.504. The van der Waals surface area contributed by atoms with Gasteiger partial charge in [0.15, 0.2) is 0 Å². The SMILES string of the molecule is C[C@H](COc1cc2c(cc1C(F)(F)F)N(c1ccc(F)cc1)C[C@@H](CCC(C)(F)F)N(C)S2(=O)=O)P(=O)(O)O. The number of rotatable bonds is 8. The smallest absolute Gasteiger partial charge is 0.420 e. The van der Waals surface area contributed by atoms with Gasteiger partial charge in [-0.1, -0.05) is 0 Å². The maximum Gasteiger partial charge on any atom is 0.420 e. The minimum absolute atomic E-state index is 0.105. The fraction of sp³-hybridized carbons (Fsp3) is 0.478. The van der Waals surface area contributed by atoms with E-state index in [9.17, 15) is 49.1 Å². The summed E-state index contributed by atoms with van der Waals surface area (Å²) in [6.07, 6.45) is -6.15. The van der Waals surface area contributed by atoms with E-state index in [1.54, 1.807) is 0 Å². The summed E-state index contributed by atoms with van der Waals surface area (Å²) in [5.74, 6) is -4.81. The van der Waals surface area contributed by atoms with Gasteiger partial charge in [-0.15, -0.1) is 0 Å². The Morgan fingerprint density at radius 3 is 2.23 bits per heavy atom. The molecular formula is C23H27F6N2O6PS. The lowest BCUT2D eigenvalue weighted by Gasteiger charge is -2.30. The molecule has 2 atom stereocenters. The molecule has 0 spiro atoms. The summed E-state index contributed by atoms with van der Waals surface area (Å²) in [7, 11) is -8.22. The van der Waals surface area contributed by atoms with Crippen molar-refractivity contribution in [1.29, 1.82) is 0 Å². The van der Waals surface area contributed by atoms with Crippen LogP contribution in [0.15, 0.2) is 41.3 Å². The van der Waals surface area contributed by atoms with Gasteiger partial charge in [-0.25, -0.2) is 21.6 Å². The van der Waals surface area contributed by atoms with Crippen molar-refractivity contribution >= 4 is 29.0 Å². The van der Waals surface area contributed by atoms with Gasteiger partial charge >= 0.3 is 13.8 Å².